The monoisotopic (exact) mass is 347 g/mol. The van der Waals surface area contributed by atoms with Gasteiger partial charge in [0, 0.05) is 36.3 Å². The van der Waals surface area contributed by atoms with Crippen LogP contribution in [-0.4, -0.2) is 23.8 Å². The number of anilines is 1. The Bertz CT molecular complexity index is 909. The standard InChI is InChI=1S/C20H17N3O3/c1-21-19(24)14-5-7-16(8-6-14)23-20(25)15-3-2-4-18(13-15)26-17-9-11-22-12-10-17/h2-13H,1H3,(H,21,24)(H,23,25). The van der Waals surface area contributed by atoms with E-state index in [0.29, 0.717) is 28.3 Å². The predicted molar refractivity (Wildman–Crippen MR) is 98.5 cm³/mol. The molecule has 6 heteroatoms. The Morgan fingerprint density at radius 1 is 0.846 bits per heavy atom. The number of nitrogens with one attached hydrogen (secondary N) is 2. The maximum absolute atomic E-state index is 12.4. The molecular formula is C20H17N3O3. The van der Waals surface area contributed by atoms with Crippen molar-refractivity contribution in [2.45, 2.75) is 0 Å². The number of amides is 2. The normalized spacial score (nSPS) is 10.0. The van der Waals surface area contributed by atoms with Gasteiger partial charge in [-0.15, -0.1) is 0 Å². The fraction of sp³-hybridized carbons (Fsp3) is 0.0500. The van der Waals surface area contributed by atoms with E-state index in [9.17, 15) is 9.59 Å². The van der Waals surface area contributed by atoms with Crippen molar-refractivity contribution in [3.63, 3.8) is 0 Å². The Hall–Kier alpha value is -3.67. The third-order valence-electron chi connectivity index (χ3n) is 3.61. The number of rotatable bonds is 5. The first kappa shape index (κ1) is 17.2. The number of nitrogens with zero attached hydrogens (tertiary/aromatic N) is 1. The van der Waals surface area contributed by atoms with Gasteiger partial charge in [0.1, 0.15) is 11.5 Å². The van der Waals surface area contributed by atoms with Crippen LogP contribution in [0.1, 0.15) is 20.7 Å². The van der Waals surface area contributed by atoms with E-state index in [-0.39, 0.29) is 11.8 Å². The maximum Gasteiger partial charge on any atom is 0.255 e. The van der Waals surface area contributed by atoms with Gasteiger partial charge in [0.2, 0.25) is 0 Å². The van der Waals surface area contributed by atoms with Gasteiger partial charge in [0.15, 0.2) is 0 Å². The van der Waals surface area contributed by atoms with Crippen molar-refractivity contribution < 1.29 is 14.3 Å². The number of ether oxygens (including phenoxy) is 1. The Labute approximate surface area is 150 Å². The number of pyridine rings is 1. The Balaban J connectivity index is 1.70. The molecule has 130 valence electrons. The fourth-order valence-electron chi connectivity index (χ4n) is 2.30. The van der Waals surface area contributed by atoms with E-state index in [1.807, 2.05) is 0 Å². The van der Waals surface area contributed by atoms with Gasteiger partial charge in [-0.2, -0.15) is 0 Å². The minimum atomic E-state index is -0.266. The van der Waals surface area contributed by atoms with Crippen LogP contribution in [0.3, 0.4) is 0 Å². The predicted octanol–water partition coefficient (Wildman–Crippen LogP) is 3.49. The van der Waals surface area contributed by atoms with Crippen LogP contribution in [0.15, 0.2) is 73.1 Å². The third-order valence-corrected chi connectivity index (χ3v) is 3.61. The van der Waals surface area contributed by atoms with Crippen LogP contribution in [0.2, 0.25) is 0 Å². The van der Waals surface area contributed by atoms with Crippen molar-refractivity contribution in [1.29, 1.82) is 0 Å². The summed E-state index contributed by atoms with van der Waals surface area (Å²) in [4.78, 5) is 27.9. The summed E-state index contributed by atoms with van der Waals surface area (Å²) in [5, 5.41) is 5.35. The summed E-state index contributed by atoms with van der Waals surface area (Å²) >= 11 is 0. The smallest absolute Gasteiger partial charge is 0.255 e. The molecule has 3 rings (SSSR count). The van der Waals surface area contributed by atoms with E-state index in [0.717, 1.165) is 0 Å². The lowest BCUT2D eigenvalue weighted by Gasteiger charge is -2.09. The van der Waals surface area contributed by atoms with Crippen LogP contribution in [0, 0.1) is 0 Å². The summed E-state index contributed by atoms with van der Waals surface area (Å²) in [7, 11) is 1.57. The molecule has 0 atom stereocenters. The quantitative estimate of drug-likeness (QED) is 0.740. The largest absolute Gasteiger partial charge is 0.457 e. The Morgan fingerprint density at radius 3 is 2.27 bits per heavy atom. The Morgan fingerprint density at radius 2 is 1.58 bits per heavy atom. The van der Waals surface area contributed by atoms with Crippen LogP contribution < -0.4 is 15.4 Å². The maximum atomic E-state index is 12.4. The molecule has 0 aliphatic carbocycles. The van der Waals surface area contributed by atoms with Gasteiger partial charge in [0.05, 0.1) is 0 Å². The first-order valence-electron chi connectivity index (χ1n) is 7.97. The molecule has 0 spiro atoms. The van der Waals surface area contributed by atoms with Gasteiger partial charge in [-0.05, 0) is 54.6 Å². The van der Waals surface area contributed by atoms with E-state index in [1.54, 1.807) is 80.1 Å². The summed E-state index contributed by atoms with van der Waals surface area (Å²) < 4.78 is 5.71. The molecular weight excluding hydrogens is 330 g/mol. The average Bonchev–Trinajstić information content (AvgIpc) is 2.69. The molecule has 0 aliphatic rings. The van der Waals surface area contributed by atoms with Crippen LogP contribution in [0.25, 0.3) is 0 Å². The number of hydrogen-bond acceptors (Lipinski definition) is 4. The molecule has 2 aromatic carbocycles. The molecule has 6 nitrogen and oxygen atoms in total. The van der Waals surface area contributed by atoms with E-state index in [4.69, 9.17) is 4.74 Å². The van der Waals surface area contributed by atoms with Crippen molar-refractivity contribution in [3.8, 4) is 11.5 Å². The van der Waals surface area contributed by atoms with Gasteiger partial charge in [-0.25, -0.2) is 0 Å². The SMILES string of the molecule is CNC(=O)c1ccc(NC(=O)c2cccc(Oc3ccncc3)c2)cc1. The summed E-state index contributed by atoms with van der Waals surface area (Å²) in [6.07, 6.45) is 3.27. The van der Waals surface area contributed by atoms with E-state index in [2.05, 4.69) is 15.6 Å². The third kappa shape index (κ3) is 4.24. The molecule has 0 unspecified atom stereocenters. The number of hydrogen-bond donors (Lipinski definition) is 2. The number of aromatic nitrogens is 1. The van der Waals surface area contributed by atoms with Gasteiger partial charge >= 0.3 is 0 Å². The second-order valence-electron chi connectivity index (χ2n) is 5.42. The molecule has 0 radical (unpaired) electrons. The van der Waals surface area contributed by atoms with Crippen LogP contribution in [-0.2, 0) is 0 Å². The fourth-order valence-corrected chi connectivity index (χ4v) is 2.30. The van der Waals surface area contributed by atoms with E-state index in [1.165, 1.54) is 0 Å². The van der Waals surface area contributed by atoms with Crippen LogP contribution in [0.5, 0.6) is 11.5 Å². The molecule has 26 heavy (non-hydrogen) atoms. The highest BCUT2D eigenvalue weighted by Gasteiger charge is 2.09. The zero-order chi connectivity index (χ0) is 18.4. The van der Waals surface area contributed by atoms with Crippen molar-refractivity contribution >= 4 is 17.5 Å². The first-order chi connectivity index (χ1) is 12.7. The van der Waals surface area contributed by atoms with Crippen LogP contribution >= 0.6 is 0 Å². The summed E-state index contributed by atoms with van der Waals surface area (Å²) in [5.74, 6) is 0.753. The minimum absolute atomic E-state index is 0.177. The molecule has 3 aromatic rings. The molecule has 1 heterocycles. The second kappa shape index (κ2) is 7.94. The molecule has 2 amide bonds. The molecule has 1 aromatic heterocycles. The second-order valence-corrected chi connectivity index (χ2v) is 5.42. The molecule has 2 N–H and O–H groups in total. The highest BCUT2D eigenvalue weighted by Crippen LogP contribution is 2.22. The first-order valence-corrected chi connectivity index (χ1v) is 7.97. The zero-order valence-corrected chi connectivity index (χ0v) is 14.1. The summed E-state index contributed by atoms with van der Waals surface area (Å²) in [6.45, 7) is 0. The van der Waals surface area contributed by atoms with E-state index >= 15 is 0 Å². The van der Waals surface area contributed by atoms with Gasteiger partial charge in [-0.1, -0.05) is 6.07 Å². The van der Waals surface area contributed by atoms with Gasteiger partial charge in [0.25, 0.3) is 11.8 Å². The topological polar surface area (TPSA) is 80.3 Å². The summed E-state index contributed by atoms with van der Waals surface area (Å²) in [5.41, 5.74) is 1.59. The number of carbonyl (C=O) groups excluding carboxylic acids is 2. The Kier molecular flexibility index (Phi) is 5.24. The lowest BCUT2D eigenvalue weighted by atomic mass is 10.1. The molecule has 0 saturated heterocycles. The van der Waals surface area contributed by atoms with Crippen molar-refractivity contribution in [2.75, 3.05) is 12.4 Å². The van der Waals surface area contributed by atoms with Gasteiger partial charge < -0.3 is 15.4 Å². The van der Waals surface area contributed by atoms with Gasteiger partial charge in [-0.3, -0.25) is 14.6 Å². The molecule has 0 fully saturated rings. The number of benzene rings is 2. The molecule has 0 aliphatic heterocycles. The highest BCUT2D eigenvalue weighted by atomic mass is 16.5. The molecule has 0 bridgehead atoms. The number of carbonyl (C=O) groups is 2. The molecule has 0 saturated carbocycles. The highest BCUT2D eigenvalue weighted by molar-refractivity contribution is 6.04. The van der Waals surface area contributed by atoms with Crippen LogP contribution in [0.4, 0.5) is 5.69 Å². The van der Waals surface area contributed by atoms with Crippen molar-refractivity contribution in [2.24, 2.45) is 0 Å². The van der Waals surface area contributed by atoms with Crippen molar-refractivity contribution in [3.05, 3.63) is 84.2 Å². The zero-order valence-electron chi connectivity index (χ0n) is 14.1. The average molecular weight is 347 g/mol. The van der Waals surface area contributed by atoms with Crippen molar-refractivity contribution in [1.82, 2.24) is 10.3 Å². The minimum Gasteiger partial charge on any atom is -0.457 e. The lowest BCUT2D eigenvalue weighted by molar-refractivity contribution is 0.0962. The van der Waals surface area contributed by atoms with E-state index < -0.39 is 0 Å². The summed E-state index contributed by atoms with van der Waals surface area (Å²) in [6, 6.07) is 17.0. The lowest BCUT2D eigenvalue weighted by Crippen LogP contribution is -2.17.